The fraction of sp³-hybridized carbons (Fsp3) is 0.385. The zero-order chi connectivity index (χ0) is 12.5. The Labute approximate surface area is 101 Å². The molecule has 0 unspecified atom stereocenters. The van der Waals surface area contributed by atoms with E-state index >= 15 is 0 Å². The van der Waals surface area contributed by atoms with E-state index in [1.54, 1.807) is 6.92 Å². The first-order valence-corrected chi connectivity index (χ1v) is 5.57. The standard InChI is InChI=1S/C13H16O4/c1-2-16-13(15)10-17-12(14)9-8-11-6-4-3-5-7-11/h3-7H,2,8-10H2,1H3. The number of hydrogen-bond donors (Lipinski definition) is 0. The van der Waals surface area contributed by atoms with Gasteiger partial charge in [0.2, 0.25) is 0 Å². The van der Waals surface area contributed by atoms with Gasteiger partial charge in [0.1, 0.15) is 0 Å². The summed E-state index contributed by atoms with van der Waals surface area (Å²) in [5.41, 5.74) is 1.07. The smallest absolute Gasteiger partial charge is 0.344 e. The van der Waals surface area contributed by atoms with Gasteiger partial charge in [-0.2, -0.15) is 0 Å². The highest BCUT2D eigenvalue weighted by molar-refractivity contribution is 5.76. The molecule has 1 rings (SSSR count). The number of carbonyl (C=O) groups is 2. The second-order valence-electron chi connectivity index (χ2n) is 3.45. The molecule has 0 bridgehead atoms. The number of aryl methyl sites for hydroxylation is 1. The zero-order valence-electron chi connectivity index (χ0n) is 9.85. The lowest BCUT2D eigenvalue weighted by atomic mass is 10.1. The van der Waals surface area contributed by atoms with E-state index in [4.69, 9.17) is 4.74 Å². The summed E-state index contributed by atoms with van der Waals surface area (Å²) in [6, 6.07) is 9.64. The van der Waals surface area contributed by atoms with E-state index in [0.29, 0.717) is 13.0 Å². The van der Waals surface area contributed by atoms with Crippen LogP contribution in [0.15, 0.2) is 30.3 Å². The third-order valence-corrected chi connectivity index (χ3v) is 2.12. The van der Waals surface area contributed by atoms with Gasteiger partial charge in [0.25, 0.3) is 0 Å². The summed E-state index contributed by atoms with van der Waals surface area (Å²) >= 11 is 0. The van der Waals surface area contributed by atoms with Crippen LogP contribution in [0, 0.1) is 0 Å². The molecule has 4 heteroatoms. The van der Waals surface area contributed by atoms with Crippen LogP contribution in [0.2, 0.25) is 0 Å². The third kappa shape index (κ3) is 5.70. The van der Waals surface area contributed by atoms with Crippen molar-refractivity contribution in [1.29, 1.82) is 0 Å². The maximum atomic E-state index is 11.3. The Morgan fingerprint density at radius 3 is 2.41 bits per heavy atom. The van der Waals surface area contributed by atoms with Crippen LogP contribution in [0.5, 0.6) is 0 Å². The van der Waals surface area contributed by atoms with Gasteiger partial charge in [-0.1, -0.05) is 30.3 Å². The average Bonchev–Trinajstić information content (AvgIpc) is 2.35. The van der Waals surface area contributed by atoms with Gasteiger partial charge < -0.3 is 9.47 Å². The van der Waals surface area contributed by atoms with E-state index in [0.717, 1.165) is 5.56 Å². The van der Waals surface area contributed by atoms with E-state index in [-0.39, 0.29) is 19.0 Å². The summed E-state index contributed by atoms with van der Waals surface area (Å²) in [6.45, 7) is 1.69. The highest BCUT2D eigenvalue weighted by atomic mass is 16.6. The first kappa shape index (κ1) is 13.2. The predicted molar refractivity (Wildman–Crippen MR) is 62.4 cm³/mol. The second kappa shape index (κ2) is 7.44. The largest absolute Gasteiger partial charge is 0.463 e. The zero-order valence-corrected chi connectivity index (χ0v) is 9.85. The maximum Gasteiger partial charge on any atom is 0.344 e. The fourth-order valence-corrected chi connectivity index (χ4v) is 1.31. The highest BCUT2D eigenvalue weighted by Crippen LogP contribution is 2.03. The van der Waals surface area contributed by atoms with Crippen molar-refractivity contribution in [2.24, 2.45) is 0 Å². The van der Waals surface area contributed by atoms with E-state index in [1.807, 2.05) is 30.3 Å². The topological polar surface area (TPSA) is 52.6 Å². The van der Waals surface area contributed by atoms with Gasteiger partial charge in [-0.15, -0.1) is 0 Å². The first-order chi connectivity index (χ1) is 8.22. The minimum Gasteiger partial charge on any atom is -0.463 e. The van der Waals surface area contributed by atoms with Crippen molar-refractivity contribution in [2.45, 2.75) is 19.8 Å². The quantitative estimate of drug-likeness (QED) is 0.706. The molecule has 0 fully saturated rings. The van der Waals surface area contributed by atoms with Crippen molar-refractivity contribution in [1.82, 2.24) is 0 Å². The van der Waals surface area contributed by atoms with Crippen molar-refractivity contribution >= 4 is 11.9 Å². The van der Waals surface area contributed by atoms with Crippen molar-refractivity contribution in [3.63, 3.8) is 0 Å². The van der Waals surface area contributed by atoms with Gasteiger partial charge >= 0.3 is 11.9 Å². The molecule has 92 valence electrons. The minimum atomic E-state index is -0.513. The summed E-state index contributed by atoms with van der Waals surface area (Å²) in [5.74, 6) is -0.900. The SMILES string of the molecule is CCOC(=O)COC(=O)CCc1ccccc1. The third-order valence-electron chi connectivity index (χ3n) is 2.12. The van der Waals surface area contributed by atoms with Gasteiger partial charge in [-0.05, 0) is 18.9 Å². The van der Waals surface area contributed by atoms with Crippen LogP contribution in [0.3, 0.4) is 0 Å². The van der Waals surface area contributed by atoms with Gasteiger partial charge in [0, 0.05) is 6.42 Å². The number of carbonyl (C=O) groups excluding carboxylic acids is 2. The lowest BCUT2D eigenvalue weighted by Crippen LogP contribution is -2.16. The van der Waals surface area contributed by atoms with Crippen molar-refractivity contribution in [3.05, 3.63) is 35.9 Å². The van der Waals surface area contributed by atoms with Crippen LogP contribution in [-0.2, 0) is 25.5 Å². The van der Waals surface area contributed by atoms with Crippen LogP contribution in [-0.4, -0.2) is 25.2 Å². The summed E-state index contributed by atoms with van der Waals surface area (Å²) in [7, 11) is 0. The predicted octanol–water partition coefficient (Wildman–Crippen LogP) is 1.73. The molecule has 0 heterocycles. The highest BCUT2D eigenvalue weighted by Gasteiger charge is 2.07. The normalized spacial score (nSPS) is 9.71. The molecule has 0 aliphatic heterocycles. The summed E-state index contributed by atoms with van der Waals surface area (Å²) < 4.78 is 9.40. The molecule has 0 aliphatic rings. The molecule has 0 atom stereocenters. The van der Waals surface area contributed by atoms with Gasteiger partial charge in [-0.25, -0.2) is 4.79 Å². The Morgan fingerprint density at radius 1 is 1.06 bits per heavy atom. The molecule has 0 saturated heterocycles. The van der Waals surface area contributed by atoms with Crippen molar-refractivity contribution in [2.75, 3.05) is 13.2 Å². The van der Waals surface area contributed by atoms with Gasteiger partial charge in [-0.3, -0.25) is 4.79 Å². The molecule has 17 heavy (non-hydrogen) atoms. The molecule has 4 nitrogen and oxygen atoms in total. The van der Waals surface area contributed by atoms with Gasteiger partial charge in [0.15, 0.2) is 6.61 Å². The number of rotatable bonds is 6. The van der Waals surface area contributed by atoms with Crippen molar-refractivity contribution in [3.8, 4) is 0 Å². The Kier molecular flexibility index (Phi) is 5.79. The molecular formula is C13H16O4. The molecule has 0 saturated carbocycles. The molecular weight excluding hydrogens is 220 g/mol. The maximum absolute atomic E-state index is 11.3. The number of ether oxygens (including phenoxy) is 2. The number of esters is 2. The van der Waals surface area contributed by atoms with E-state index in [1.165, 1.54) is 0 Å². The molecule has 0 radical (unpaired) electrons. The molecule has 0 N–H and O–H groups in total. The monoisotopic (exact) mass is 236 g/mol. The van der Waals surface area contributed by atoms with E-state index in [9.17, 15) is 9.59 Å². The van der Waals surface area contributed by atoms with Crippen LogP contribution >= 0.6 is 0 Å². The second-order valence-corrected chi connectivity index (χ2v) is 3.45. The van der Waals surface area contributed by atoms with Gasteiger partial charge in [0.05, 0.1) is 6.61 Å². The molecule has 0 amide bonds. The lowest BCUT2D eigenvalue weighted by molar-refractivity contribution is -0.158. The molecule has 0 spiro atoms. The summed E-state index contributed by atoms with van der Waals surface area (Å²) in [4.78, 5) is 22.2. The first-order valence-electron chi connectivity index (χ1n) is 5.57. The molecule has 1 aromatic rings. The molecule has 1 aromatic carbocycles. The fourth-order valence-electron chi connectivity index (χ4n) is 1.31. The lowest BCUT2D eigenvalue weighted by Gasteiger charge is -2.04. The summed E-state index contributed by atoms with van der Waals surface area (Å²) in [6.07, 6.45) is 0.881. The van der Waals surface area contributed by atoms with Crippen molar-refractivity contribution < 1.29 is 19.1 Å². The Bertz CT molecular complexity index is 359. The molecule has 0 aromatic heterocycles. The van der Waals surface area contributed by atoms with Crippen LogP contribution in [0.4, 0.5) is 0 Å². The van der Waals surface area contributed by atoms with E-state index < -0.39 is 5.97 Å². The van der Waals surface area contributed by atoms with Crippen LogP contribution in [0.1, 0.15) is 18.9 Å². The number of hydrogen-bond acceptors (Lipinski definition) is 4. The summed E-state index contributed by atoms with van der Waals surface area (Å²) in [5, 5.41) is 0. The minimum absolute atomic E-state index is 0.267. The van der Waals surface area contributed by atoms with E-state index in [2.05, 4.69) is 4.74 Å². The van der Waals surface area contributed by atoms with Crippen LogP contribution < -0.4 is 0 Å². The Morgan fingerprint density at radius 2 is 1.76 bits per heavy atom. The molecule has 0 aliphatic carbocycles. The average molecular weight is 236 g/mol. The van der Waals surface area contributed by atoms with Crippen LogP contribution in [0.25, 0.3) is 0 Å². The Balaban J connectivity index is 2.20. The number of benzene rings is 1. The Hall–Kier alpha value is -1.84.